The Morgan fingerprint density at radius 2 is 1.94 bits per heavy atom. The maximum Gasteiger partial charge on any atom is 0.163 e. The Balaban J connectivity index is 2.20. The van der Waals surface area contributed by atoms with Gasteiger partial charge in [-0.25, -0.2) is 8.78 Å². The topological polar surface area (TPSA) is 12.0 Å². The molecule has 0 aromatic heterocycles. The summed E-state index contributed by atoms with van der Waals surface area (Å²) in [5, 5.41) is 3.14. The Bertz CT molecular complexity index is 337. The summed E-state index contributed by atoms with van der Waals surface area (Å²) in [7, 11) is 0. The zero-order valence-corrected chi connectivity index (χ0v) is 10.6. The molecule has 0 spiro atoms. The molecule has 1 aromatic carbocycles. The van der Waals surface area contributed by atoms with E-state index < -0.39 is 11.6 Å². The van der Waals surface area contributed by atoms with Gasteiger partial charge >= 0.3 is 0 Å². The molecular weight excluding hydrogens is 220 g/mol. The summed E-state index contributed by atoms with van der Waals surface area (Å²) in [4.78, 5) is 0. The van der Waals surface area contributed by atoms with E-state index in [9.17, 15) is 8.78 Å². The lowest BCUT2D eigenvalue weighted by Gasteiger charge is -2.07. The van der Waals surface area contributed by atoms with E-state index >= 15 is 0 Å². The number of unbranched alkanes of at least 4 members (excludes halogenated alkanes) is 1. The molecule has 0 radical (unpaired) electrons. The molecule has 17 heavy (non-hydrogen) atoms. The Morgan fingerprint density at radius 1 is 1.18 bits per heavy atom. The second kappa shape index (κ2) is 7.38. The first-order chi connectivity index (χ1) is 8.11. The molecule has 0 aliphatic rings. The lowest BCUT2D eigenvalue weighted by Crippen LogP contribution is -2.16. The first kappa shape index (κ1) is 14.1. The van der Waals surface area contributed by atoms with Gasteiger partial charge in [-0.05, 0) is 24.9 Å². The van der Waals surface area contributed by atoms with Gasteiger partial charge in [0.2, 0.25) is 0 Å². The summed E-state index contributed by atoms with van der Waals surface area (Å²) in [5.41, 5.74) is 0.397. The molecule has 1 N–H and O–H groups in total. The second-order valence-electron chi connectivity index (χ2n) is 4.78. The normalized spacial score (nSPS) is 11.1. The molecule has 0 saturated carbocycles. The monoisotopic (exact) mass is 241 g/mol. The lowest BCUT2D eigenvalue weighted by molar-refractivity contribution is 0.487. The maximum absolute atomic E-state index is 13.3. The highest BCUT2D eigenvalue weighted by molar-refractivity contribution is 5.18. The Hall–Kier alpha value is -0.960. The summed E-state index contributed by atoms with van der Waals surface area (Å²) in [5.74, 6) is -0.776. The fraction of sp³-hybridized carbons (Fsp3) is 0.571. The van der Waals surface area contributed by atoms with Gasteiger partial charge < -0.3 is 5.32 Å². The van der Waals surface area contributed by atoms with E-state index in [0.29, 0.717) is 12.1 Å². The summed E-state index contributed by atoms with van der Waals surface area (Å²) < 4.78 is 26.2. The quantitative estimate of drug-likeness (QED) is 0.714. The van der Waals surface area contributed by atoms with Crippen molar-refractivity contribution in [1.29, 1.82) is 0 Å². The fourth-order valence-electron chi connectivity index (χ4n) is 1.71. The third kappa shape index (κ3) is 5.26. The molecule has 0 aliphatic carbocycles. The molecule has 0 bridgehead atoms. The van der Waals surface area contributed by atoms with Crippen LogP contribution >= 0.6 is 0 Å². The van der Waals surface area contributed by atoms with Crippen LogP contribution in [0.5, 0.6) is 0 Å². The van der Waals surface area contributed by atoms with E-state index in [4.69, 9.17) is 0 Å². The van der Waals surface area contributed by atoms with Crippen LogP contribution in [0.15, 0.2) is 18.2 Å². The van der Waals surface area contributed by atoms with Crippen LogP contribution in [0.25, 0.3) is 0 Å². The molecule has 0 heterocycles. The lowest BCUT2D eigenvalue weighted by atomic mass is 10.1. The number of halogens is 2. The van der Waals surface area contributed by atoms with Crippen molar-refractivity contribution in [1.82, 2.24) is 5.32 Å². The molecule has 0 fully saturated rings. The molecule has 0 amide bonds. The summed E-state index contributed by atoms with van der Waals surface area (Å²) in [6.45, 7) is 5.65. The summed E-state index contributed by atoms with van der Waals surface area (Å²) in [6, 6.07) is 4.29. The maximum atomic E-state index is 13.3. The van der Waals surface area contributed by atoms with Crippen LogP contribution < -0.4 is 5.32 Å². The largest absolute Gasteiger partial charge is 0.313 e. The predicted octanol–water partition coefficient (Wildman–Crippen LogP) is 3.88. The van der Waals surface area contributed by atoms with Gasteiger partial charge in [0.05, 0.1) is 0 Å². The van der Waals surface area contributed by atoms with E-state index in [1.54, 1.807) is 6.07 Å². The minimum Gasteiger partial charge on any atom is -0.313 e. The van der Waals surface area contributed by atoms with Crippen molar-refractivity contribution in [3.8, 4) is 0 Å². The van der Waals surface area contributed by atoms with Crippen LogP contribution in [0.2, 0.25) is 0 Å². The molecule has 1 aromatic rings. The van der Waals surface area contributed by atoms with Gasteiger partial charge in [-0.15, -0.1) is 0 Å². The minimum absolute atomic E-state index is 0.394. The van der Waals surface area contributed by atoms with E-state index in [0.717, 1.165) is 24.9 Å². The van der Waals surface area contributed by atoms with Crippen LogP contribution in [-0.2, 0) is 6.54 Å². The van der Waals surface area contributed by atoms with Crippen molar-refractivity contribution in [2.75, 3.05) is 6.54 Å². The number of nitrogens with one attached hydrogen (secondary N) is 1. The van der Waals surface area contributed by atoms with Crippen LogP contribution in [0, 0.1) is 17.6 Å². The molecule has 96 valence electrons. The van der Waals surface area contributed by atoms with Gasteiger partial charge in [0.25, 0.3) is 0 Å². The predicted molar refractivity (Wildman–Crippen MR) is 66.8 cm³/mol. The standard InChI is InChI=1S/C14H21F2N/c1-11(2)6-3-4-9-17-10-12-7-5-8-13(15)14(12)16/h5,7-8,11,17H,3-4,6,9-10H2,1-2H3. The zero-order chi connectivity index (χ0) is 12.7. The smallest absolute Gasteiger partial charge is 0.163 e. The van der Waals surface area contributed by atoms with E-state index in [1.807, 2.05) is 0 Å². The molecule has 0 aliphatic heterocycles. The number of rotatable bonds is 7. The third-order valence-electron chi connectivity index (χ3n) is 2.73. The van der Waals surface area contributed by atoms with Gasteiger partial charge in [0.1, 0.15) is 0 Å². The van der Waals surface area contributed by atoms with Crippen LogP contribution in [0.4, 0.5) is 8.78 Å². The molecule has 1 nitrogen and oxygen atoms in total. The van der Waals surface area contributed by atoms with Crippen molar-refractivity contribution in [2.24, 2.45) is 5.92 Å². The Kier molecular flexibility index (Phi) is 6.12. The number of benzene rings is 1. The average molecular weight is 241 g/mol. The van der Waals surface area contributed by atoms with Gasteiger partial charge in [-0.3, -0.25) is 0 Å². The zero-order valence-electron chi connectivity index (χ0n) is 10.6. The number of hydrogen-bond acceptors (Lipinski definition) is 1. The van der Waals surface area contributed by atoms with E-state index in [-0.39, 0.29) is 0 Å². The highest BCUT2D eigenvalue weighted by Crippen LogP contribution is 2.11. The molecule has 3 heteroatoms. The Morgan fingerprint density at radius 3 is 2.65 bits per heavy atom. The van der Waals surface area contributed by atoms with Crippen LogP contribution in [-0.4, -0.2) is 6.54 Å². The average Bonchev–Trinajstić information content (AvgIpc) is 2.28. The minimum atomic E-state index is -0.774. The molecular formula is C14H21F2N. The van der Waals surface area contributed by atoms with Crippen molar-refractivity contribution in [3.05, 3.63) is 35.4 Å². The second-order valence-corrected chi connectivity index (χ2v) is 4.78. The van der Waals surface area contributed by atoms with Crippen LogP contribution in [0.1, 0.15) is 38.7 Å². The highest BCUT2D eigenvalue weighted by Gasteiger charge is 2.06. The van der Waals surface area contributed by atoms with Crippen molar-refractivity contribution in [3.63, 3.8) is 0 Å². The Labute approximate surface area is 102 Å². The van der Waals surface area contributed by atoms with Crippen LogP contribution in [0.3, 0.4) is 0 Å². The van der Waals surface area contributed by atoms with Crippen molar-refractivity contribution < 1.29 is 8.78 Å². The van der Waals surface area contributed by atoms with Gasteiger partial charge in [0.15, 0.2) is 11.6 Å². The molecule has 1 rings (SSSR count). The SMILES string of the molecule is CC(C)CCCCNCc1cccc(F)c1F. The molecule has 0 unspecified atom stereocenters. The fourth-order valence-corrected chi connectivity index (χ4v) is 1.71. The van der Waals surface area contributed by atoms with Gasteiger partial charge in [-0.2, -0.15) is 0 Å². The summed E-state index contributed by atoms with van der Waals surface area (Å²) in [6.07, 6.45) is 3.47. The van der Waals surface area contributed by atoms with Gasteiger partial charge in [-0.1, -0.05) is 38.8 Å². The number of hydrogen-bond donors (Lipinski definition) is 1. The molecule has 0 saturated heterocycles. The highest BCUT2D eigenvalue weighted by atomic mass is 19.2. The summed E-state index contributed by atoms with van der Waals surface area (Å²) >= 11 is 0. The van der Waals surface area contributed by atoms with Crippen molar-refractivity contribution >= 4 is 0 Å². The van der Waals surface area contributed by atoms with Gasteiger partial charge in [0, 0.05) is 12.1 Å². The first-order valence-electron chi connectivity index (χ1n) is 6.25. The van der Waals surface area contributed by atoms with E-state index in [2.05, 4.69) is 19.2 Å². The third-order valence-corrected chi connectivity index (χ3v) is 2.73. The van der Waals surface area contributed by atoms with E-state index in [1.165, 1.54) is 18.9 Å². The first-order valence-corrected chi connectivity index (χ1v) is 6.25. The van der Waals surface area contributed by atoms with Crippen molar-refractivity contribution in [2.45, 2.75) is 39.7 Å². The molecule has 0 atom stereocenters.